The minimum Gasteiger partial charge on any atom is -0.496 e. The maximum Gasteiger partial charge on any atom is 0.182 e. The van der Waals surface area contributed by atoms with Gasteiger partial charge in [0.2, 0.25) is 0 Å². The third kappa shape index (κ3) is 3.44. The van der Waals surface area contributed by atoms with E-state index in [1.54, 1.807) is 7.11 Å². The molecule has 0 aliphatic carbocycles. The maximum atomic E-state index is 5.46. The van der Waals surface area contributed by atoms with E-state index in [1.807, 2.05) is 41.1 Å². The van der Waals surface area contributed by atoms with Gasteiger partial charge in [-0.1, -0.05) is 72.3 Å². The van der Waals surface area contributed by atoms with Gasteiger partial charge in [0.05, 0.1) is 13.7 Å². The number of rotatable bonds is 5. The summed E-state index contributed by atoms with van der Waals surface area (Å²) in [6, 6.07) is 24.6. The normalized spacial score (nSPS) is 10.7. The van der Waals surface area contributed by atoms with Crippen LogP contribution in [0.5, 0.6) is 5.75 Å². The Balaban J connectivity index is 1.76. The zero-order valence-electron chi connectivity index (χ0n) is 15.3. The van der Waals surface area contributed by atoms with Crippen LogP contribution in [0.4, 0.5) is 0 Å². The van der Waals surface area contributed by atoms with Gasteiger partial charge in [0.1, 0.15) is 5.75 Å². The first-order valence-corrected chi connectivity index (χ1v) is 8.81. The van der Waals surface area contributed by atoms with Crippen LogP contribution in [-0.2, 0) is 6.54 Å². The number of nitrogens with zero attached hydrogens (tertiary/aromatic N) is 4. The fraction of sp³-hybridized carbons (Fsp3) is 0.136. The van der Waals surface area contributed by atoms with Crippen LogP contribution in [0, 0.1) is 6.92 Å². The van der Waals surface area contributed by atoms with Crippen LogP contribution in [-0.4, -0.2) is 27.3 Å². The molecule has 0 aliphatic rings. The average Bonchev–Trinajstić information content (AvgIpc) is 3.17. The summed E-state index contributed by atoms with van der Waals surface area (Å²) < 4.78 is 7.27. The highest BCUT2D eigenvalue weighted by atomic mass is 16.5. The molecule has 0 aliphatic heterocycles. The van der Waals surface area contributed by atoms with E-state index in [0.29, 0.717) is 6.54 Å². The first-order chi connectivity index (χ1) is 13.3. The zero-order chi connectivity index (χ0) is 18.6. The lowest BCUT2D eigenvalue weighted by Gasteiger charge is -2.12. The van der Waals surface area contributed by atoms with Crippen LogP contribution >= 0.6 is 0 Å². The second-order valence-electron chi connectivity index (χ2n) is 6.38. The van der Waals surface area contributed by atoms with Gasteiger partial charge in [-0.05, 0) is 34.5 Å². The van der Waals surface area contributed by atoms with Crippen molar-refractivity contribution in [3.8, 4) is 28.3 Å². The molecule has 4 rings (SSSR count). The molecule has 0 N–H and O–H groups in total. The van der Waals surface area contributed by atoms with E-state index in [1.165, 1.54) is 5.56 Å². The summed E-state index contributed by atoms with van der Waals surface area (Å²) >= 11 is 0. The number of hydrogen-bond donors (Lipinski definition) is 0. The molecule has 5 heteroatoms. The van der Waals surface area contributed by atoms with Gasteiger partial charge < -0.3 is 4.74 Å². The molecule has 0 bridgehead atoms. The molecule has 27 heavy (non-hydrogen) atoms. The second kappa shape index (κ2) is 7.41. The van der Waals surface area contributed by atoms with Gasteiger partial charge in [0.15, 0.2) is 5.82 Å². The van der Waals surface area contributed by atoms with Crippen molar-refractivity contribution in [1.29, 1.82) is 0 Å². The lowest BCUT2D eigenvalue weighted by molar-refractivity contribution is 0.407. The van der Waals surface area contributed by atoms with E-state index >= 15 is 0 Å². The van der Waals surface area contributed by atoms with Crippen LogP contribution in [0.25, 0.3) is 22.5 Å². The Kier molecular flexibility index (Phi) is 4.66. The standard InChI is InChI=1S/C22H20N4O/c1-16-11-13-17(14-12-16)19-8-4-5-9-20(19)22-23-24-25-26(22)15-18-7-3-6-10-21(18)27-2/h3-14H,15H2,1-2H3. The fourth-order valence-electron chi connectivity index (χ4n) is 3.16. The SMILES string of the molecule is COc1ccccc1Cn1nnnc1-c1ccccc1-c1ccc(C)cc1. The Morgan fingerprint density at radius 3 is 2.33 bits per heavy atom. The molecule has 0 unspecified atom stereocenters. The van der Waals surface area contributed by atoms with E-state index in [-0.39, 0.29) is 0 Å². The molecule has 0 fully saturated rings. The Labute approximate surface area is 158 Å². The van der Waals surface area contributed by atoms with Crippen molar-refractivity contribution in [2.75, 3.05) is 7.11 Å². The minimum atomic E-state index is 0.536. The quantitative estimate of drug-likeness (QED) is 0.533. The molecule has 0 saturated heterocycles. The summed E-state index contributed by atoms with van der Waals surface area (Å²) in [6.45, 7) is 2.62. The predicted octanol–water partition coefficient (Wildman–Crippen LogP) is 4.37. The number of aromatic nitrogens is 4. The Bertz CT molecular complexity index is 1050. The molecule has 5 nitrogen and oxygen atoms in total. The number of methoxy groups -OCH3 is 1. The minimum absolute atomic E-state index is 0.536. The lowest BCUT2D eigenvalue weighted by Crippen LogP contribution is -2.06. The molecular formula is C22H20N4O. The van der Waals surface area contributed by atoms with E-state index in [0.717, 1.165) is 33.8 Å². The second-order valence-corrected chi connectivity index (χ2v) is 6.38. The third-order valence-corrected chi connectivity index (χ3v) is 4.58. The zero-order valence-corrected chi connectivity index (χ0v) is 15.3. The van der Waals surface area contributed by atoms with E-state index in [9.17, 15) is 0 Å². The topological polar surface area (TPSA) is 52.8 Å². The Morgan fingerprint density at radius 2 is 1.56 bits per heavy atom. The Hall–Kier alpha value is -3.47. The number of tetrazole rings is 1. The van der Waals surface area contributed by atoms with Gasteiger partial charge in [-0.2, -0.15) is 0 Å². The molecule has 0 spiro atoms. The molecule has 1 aromatic heterocycles. The summed E-state index contributed by atoms with van der Waals surface area (Å²) in [5.41, 5.74) is 5.51. The Morgan fingerprint density at radius 1 is 0.852 bits per heavy atom. The van der Waals surface area contributed by atoms with Gasteiger partial charge in [-0.15, -0.1) is 5.10 Å². The van der Waals surface area contributed by atoms with Gasteiger partial charge >= 0.3 is 0 Å². The third-order valence-electron chi connectivity index (χ3n) is 4.58. The summed E-state index contributed by atoms with van der Waals surface area (Å²) in [4.78, 5) is 0. The molecule has 3 aromatic carbocycles. The number of para-hydroxylation sites is 1. The monoisotopic (exact) mass is 356 g/mol. The van der Waals surface area contributed by atoms with Crippen molar-refractivity contribution in [2.24, 2.45) is 0 Å². The van der Waals surface area contributed by atoms with Crippen molar-refractivity contribution in [3.05, 3.63) is 83.9 Å². The number of benzene rings is 3. The van der Waals surface area contributed by atoms with Crippen LogP contribution in [0.15, 0.2) is 72.8 Å². The van der Waals surface area contributed by atoms with Gasteiger partial charge in [-0.25, -0.2) is 4.68 Å². The predicted molar refractivity (Wildman–Crippen MR) is 106 cm³/mol. The smallest absolute Gasteiger partial charge is 0.182 e. The molecule has 1 heterocycles. The van der Waals surface area contributed by atoms with Gasteiger partial charge in [0, 0.05) is 11.1 Å². The first-order valence-electron chi connectivity index (χ1n) is 8.81. The lowest BCUT2D eigenvalue weighted by atomic mass is 9.98. The maximum absolute atomic E-state index is 5.46. The molecule has 0 amide bonds. The van der Waals surface area contributed by atoms with Crippen LogP contribution in [0.3, 0.4) is 0 Å². The fourth-order valence-corrected chi connectivity index (χ4v) is 3.16. The highest BCUT2D eigenvalue weighted by molar-refractivity contribution is 5.80. The number of aryl methyl sites for hydroxylation is 1. The summed E-state index contributed by atoms with van der Waals surface area (Å²) in [5, 5.41) is 12.4. The molecule has 4 aromatic rings. The highest BCUT2D eigenvalue weighted by Gasteiger charge is 2.15. The van der Waals surface area contributed by atoms with Crippen molar-refractivity contribution in [3.63, 3.8) is 0 Å². The summed E-state index contributed by atoms with van der Waals surface area (Å²) in [5.74, 6) is 1.56. The number of hydrogen-bond acceptors (Lipinski definition) is 4. The van der Waals surface area contributed by atoms with Crippen LogP contribution < -0.4 is 4.74 Å². The van der Waals surface area contributed by atoms with Gasteiger partial charge in [0.25, 0.3) is 0 Å². The average molecular weight is 356 g/mol. The van der Waals surface area contributed by atoms with Crippen LogP contribution in [0.2, 0.25) is 0 Å². The van der Waals surface area contributed by atoms with Crippen molar-refractivity contribution in [2.45, 2.75) is 13.5 Å². The van der Waals surface area contributed by atoms with E-state index in [2.05, 4.69) is 58.8 Å². The molecule has 0 atom stereocenters. The van der Waals surface area contributed by atoms with Crippen LogP contribution in [0.1, 0.15) is 11.1 Å². The van der Waals surface area contributed by atoms with Gasteiger partial charge in [-0.3, -0.25) is 0 Å². The molecule has 0 radical (unpaired) electrons. The molecule has 0 saturated carbocycles. The van der Waals surface area contributed by atoms with Crippen molar-refractivity contribution < 1.29 is 4.74 Å². The van der Waals surface area contributed by atoms with Crippen molar-refractivity contribution >= 4 is 0 Å². The highest BCUT2D eigenvalue weighted by Crippen LogP contribution is 2.31. The van der Waals surface area contributed by atoms with Crippen molar-refractivity contribution in [1.82, 2.24) is 20.2 Å². The summed E-state index contributed by atoms with van der Waals surface area (Å²) in [7, 11) is 1.67. The first kappa shape index (κ1) is 17.0. The van der Waals surface area contributed by atoms with E-state index < -0.39 is 0 Å². The molecule has 134 valence electrons. The summed E-state index contributed by atoms with van der Waals surface area (Å²) in [6.07, 6.45) is 0. The largest absolute Gasteiger partial charge is 0.496 e. The van der Waals surface area contributed by atoms with E-state index in [4.69, 9.17) is 4.74 Å². The number of ether oxygens (including phenoxy) is 1. The molecular weight excluding hydrogens is 336 g/mol.